The molecule has 0 bridgehead atoms. The van der Waals surface area contributed by atoms with Crippen LogP contribution in [0.3, 0.4) is 0 Å². The normalized spacial score (nSPS) is 20.0. The van der Waals surface area contributed by atoms with Crippen LogP contribution >= 0.6 is 0 Å². The number of benzene rings is 1. The van der Waals surface area contributed by atoms with E-state index in [1.165, 1.54) is 0 Å². The van der Waals surface area contributed by atoms with Gasteiger partial charge in [0.25, 0.3) is 11.8 Å². The molecule has 23 heavy (non-hydrogen) atoms. The molecule has 2 aliphatic rings. The van der Waals surface area contributed by atoms with E-state index in [0.717, 1.165) is 50.5 Å². The molecule has 0 aromatic heterocycles. The largest absolute Gasteiger partial charge is 0.272 e. The molecular formula is C19H26N2O2. The molecule has 4 heteroatoms. The Morgan fingerprint density at radius 3 is 2.26 bits per heavy atom. The molecular weight excluding hydrogens is 288 g/mol. The van der Waals surface area contributed by atoms with Gasteiger partial charge in [0, 0.05) is 6.54 Å². The van der Waals surface area contributed by atoms with Gasteiger partial charge in [-0.2, -0.15) is 0 Å². The predicted molar refractivity (Wildman–Crippen MR) is 89.1 cm³/mol. The first-order chi connectivity index (χ1) is 11.2. The van der Waals surface area contributed by atoms with Crippen molar-refractivity contribution in [3.8, 4) is 0 Å². The molecule has 0 N–H and O–H groups in total. The van der Waals surface area contributed by atoms with Gasteiger partial charge < -0.3 is 0 Å². The summed E-state index contributed by atoms with van der Waals surface area (Å²) in [5, 5.41) is 3.47. The molecule has 1 aromatic rings. The average molecular weight is 314 g/mol. The highest BCUT2D eigenvalue weighted by Gasteiger charge is 2.58. The molecule has 1 spiro atoms. The minimum atomic E-state index is -0.749. The molecule has 0 unspecified atom stereocenters. The lowest BCUT2D eigenvalue weighted by molar-refractivity contribution is -0.148. The Balaban J connectivity index is 1.83. The standard InChI is InChI=1S/C19H26N2O2/c1-2-3-9-14-20-17(22)19(12-7-8-13-19)18(23)21(20)15-16-10-5-4-6-11-16/h4-6,10-11H,2-3,7-9,12-15H2,1H3. The van der Waals surface area contributed by atoms with Crippen molar-refractivity contribution >= 4 is 11.8 Å². The number of unbranched alkanes of at least 4 members (excludes halogenated alkanes) is 2. The number of carbonyl (C=O) groups excluding carboxylic acids is 2. The van der Waals surface area contributed by atoms with Crippen LogP contribution in [0, 0.1) is 5.41 Å². The van der Waals surface area contributed by atoms with Crippen molar-refractivity contribution in [2.45, 2.75) is 58.4 Å². The molecule has 124 valence electrons. The Labute approximate surface area is 138 Å². The van der Waals surface area contributed by atoms with Gasteiger partial charge in [-0.15, -0.1) is 0 Å². The Morgan fingerprint density at radius 2 is 1.61 bits per heavy atom. The van der Waals surface area contributed by atoms with E-state index >= 15 is 0 Å². The molecule has 2 amide bonds. The second-order valence-electron chi connectivity index (χ2n) is 6.77. The summed E-state index contributed by atoms with van der Waals surface area (Å²) < 4.78 is 0. The van der Waals surface area contributed by atoms with Crippen LogP contribution in [-0.2, 0) is 16.1 Å². The van der Waals surface area contributed by atoms with Crippen LogP contribution in [0.15, 0.2) is 30.3 Å². The van der Waals surface area contributed by atoms with Gasteiger partial charge in [0.2, 0.25) is 0 Å². The van der Waals surface area contributed by atoms with E-state index in [2.05, 4.69) is 6.92 Å². The fraction of sp³-hybridized carbons (Fsp3) is 0.579. The summed E-state index contributed by atoms with van der Waals surface area (Å²) in [7, 11) is 0. The molecule has 1 saturated heterocycles. The number of hydrazine groups is 1. The zero-order chi connectivity index (χ0) is 16.3. The van der Waals surface area contributed by atoms with Crippen LogP contribution in [0.4, 0.5) is 0 Å². The third kappa shape index (κ3) is 2.87. The summed E-state index contributed by atoms with van der Waals surface area (Å²) in [6, 6.07) is 9.95. The van der Waals surface area contributed by atoms with E-state index < -0.39 is 5.41 Å². The average Bonchev–Trinajstić information content (AvgIpc) is 3.13. The molecule has 3 rings (SSSR count). The first kappa shape index (κ1) is 16.0. The van der Waals surface area contributed by atoms with Crippen LogP contribution in [0.2, 0.25) is 0 Å². The fourth-order valence-corrected chi connectivity index (χ4v) is 3.86. The fourth-order valence-electron chi connectivity index (χ4n) is 3.86. The van der Waals surface area contributed by atoms with Crippen molar-refractivity contribution in [3.05, 3.63) is 35.9 Å². The summed E-state index contributed by atoms with van der Waals surface area (Å²) >= 11 is 0. The summed E-state index contributed by atoms with van der Waals surface area (Å²) in [6.07, 6.45) is 6.57. The molecule has 2 fully saturated rings. The highest BCUT2D eigenvalue weighted by atomic mass is 16.2. The minimum absolute atomic E-state index is 0.0281. The monoisotopic (exact) mass is 314 g/mol. The first-order valence-electron chi connectivity index (χ1n) is 8.87. The lowest BCUT2D eigenvalue weighted by atomic mass is 9.85. The SMILES string of the molecule is CCCCCN1C(=O)C2(CCCC2)C(=O)N1Cc1ccccc1. The van der Waals surface area contributed by atoms with Crippen molar-refractivity contribution in [1.82, 2.24) is 10.0 Å². The minimum Gasteiger partial charge on any atom is -0.272 e. The topological polar surface area (TPSA) is 40.6 Å². The summed E-state index contributed by atoms with van der Waals surface area (Å²) in [6.45, 7) is 3.31. The number of carbonyl (C=O) groups is 2. The molecule has 4 nitrogen and oxygen atoms in total. The molecule has 1 aliphatic carbocycles. The maximum Gasteiger partial charge on any atom is 0.257 e. The van der Waals surface area contributed by atoms with E-state index in [1.807, 2.05) is 30.3 Å². The van der Waals surface area contributed by atoms with Crippen LogP contribution in [0.25, 0.3) is 0 Å². The third-order valence-corrected chi connectivity index (χ3v) is 5.18. The van der Waals surface area contributed by atoms with Crippen LogP contribution in [0.1, 0.15) is 57.4 Å². The van der Waals surface area contributed by atoms with Crippen molar-refractivity contribution < 1.29 is 9.59 Å². The van der Waals surface area contributed by atoms with Crippen molar-refractivity contribution in [1.29, 1.82) is 0 Å². The van der Waals surface area contributed by atoms with E-state index in [0.29, 0.717) is 13.1 Å². The molecule has 1 heterocycles. The highest BCUT2D eigenvalue weighted by Crippen LogP contribution is 2.46. The smallest absolute Gasteiger partial charge is 0.257 e. The van der Waals surface area contributed by atoms with E-state index in [1.54, 1.807) is 10.0 Å². The zero-order valence-electron chi connectivity index (χ0n) is 14.0. The predicted octanol–water partition coefficient (Wildman–Crippen LogP) is 3.52. The van der Waals surface area contributed by atoms with Crippen molar-refractivity contribution in [3.63, 3.8) is 0 Å². The number of nitrogens with zero attached hydrogens (tertiary/aromatic N) is 2. The number of amides is 2. The lowest BCUT2D eigenvalue weighted by Crippen LogP contribution is -2.40. The first-order valence-corrected chi connectivity index (χ1v) is 8.87. The van der Waals surface area contributed by atoms with Gasteiger partial charge in [-0.25, -0.2) is 5.01 Å². The van der Waals surface area contributed by atoms with Crippen LogP contribution in [-0.4, -0.2) is 28.4 Å². The van der Waals surface area contributed by atoms with Gasteiger partial charge in [-0.3, -0.25) is 14.6 Å². The van der Waals surface area contributed by atoms with Crippen molar-refractivity contribution in [2.75, 3.05) is 6.54 Å². The summed E-state index contributed by atoms with van der Waals surface area (Å²) in [5.74, 6) is 0.0763. The van der Waals surface area contributed by atoms with Crippen LogP contribution in [0.5, 0.6) is 0 Å². The molecule has 1 saturated carbocycles. The maximum atomic E-state index is 13.1. The van der Waals surface area contributed by atoms with E-state index in [-0.39, 0.29) is 11.8 Å². The van der Waals surface area contributed by atoms with E-state index in [9.17, 15) is 9.59 Å². The Bertz CT molecular complexity index is 564. The number of hydrogen-bond acceptors (Lipinski definition) is 2. The Hall–Kier alpha value is -1.84. The van der Waals surface area contributed by atoms with Gasteiger partial charge in [0.15, 0.2) is 0 Å². The summed E-state index contributed by atoms with van der Waals surface area (Å²) in [5.41, 5.74) is 0.324. The molecule has 0 atom stereocenters. The van der Waals surface area contributed by atoms with Gasteiger partial charge in [-0.1, -0.05) is 62.9 Å². The third-order valence-electron chi connectivity index (χ3n) is 5.18. The Morgan fingerprint density at radius 1 is 0.957 bits per heavy atom. The number of hydrogen-bond donors (Lipinski definition) is 0. The van der Waals surface area contributed by atoms with Crippen molar-refractivity contribution in [2.24, 2.45) is 5.41 Å². The quantitative estimate of drug-likeness (QED) is 0.595. The van der Waals surface area contributed by atoms with Gasteiger partial charge in [0.05, 0.1) is 6.54 Å². The molecule has 1 aliphatic heterocycles. The van der Waals surface area contributed by atoms with Gasteiger partial charge in [-0.05, 0) is 24.8 Å². The maximum absolute atomic E-state index is 13.1. The molecule has 1 aromatic carbocycles. The lowest BCUT2D eigenvalue weighted by Gasteiger charge is -2.27. The highest BCUT2D eigenvalue weighted by molar-refractivity contribution is 6.09. The van der Waals surface area contributed by atoms with Crippen LogP contribution < -0.4 is 0 Å². The molecule has 0 radical (unpaired) electrons. The summed E-state index contributed by atoms with van der Waals surface area (Å²) in [4.78, 5) is 26.0. The number of rotatable bonds is 6. The Kier molecular flexibility index (Phi) is 4.69. The second-order valence-corrected chi connectivity index (χ2v) is 6.77. The van der Waals surface area contributed by atoms with Gasteiger partial charge in [0.1, 0.15) is 5.41 Å². The zero-order valence-corrected chi connectivity index (χ0v) is 14.0. The second kappa shape index (κ2) is 6.73. The van der Waals surface area contributed by atoms with E-state index in [4.69, 9.17) is 0 Å². The van der Waals surface area contributed by atoms with Gasteiger partial charge >= 0.3 is 0 Å².